The molecule has 0 bridgehead atoms. The third kappa shape index (κ3) is 3.59. The van der Waals surface area contributed by atoms with Crippen LogP contribution in [0.3, 0.4) is 0 Å². The van der Waals surface area contributed by atoms with E-state index < -0.39 is 0 Å². The first-order valence-corrected chi connectivity index (χ1v) is 8.92. The van der Waals surface area contributed by atoms with Crippen LogP contribution in [0.4, 0.5) is 0 Å². The monoisotopic (exact) mass is 355 g/mol. The smallest absolute Gasteiger partial charge is 0.261 e. The second-order valence-electron chi connectivity index (χ2n) is 5.73. The normalized spacial score (nSPS) is 16.9. The molecule has 1 atom stereocenters. The number of pyridine rings is 1. The van der Waals surface area contributed by atoms with Gasteiger partial charge in [0.2, 0.25) is 0 Å². The summed E-state index contributed by atoms with van der Waals surface area (Å²) in [5, 5.41) is 9.88. The zero-order valence-electron chi connectivity index (χ0n) is 13.4. The number of carbonyl (C=O) groups is 1. The number of nitrogens with one attached hydrogen (secondary N) is 2. The fraction of sp³-hybridized carbons (Fsp3) is 0.294. The van der Waals surface area contributed by atoms with Gasteiger partial charge >= 0.3 is 0 Å². The van der Waals surface area contributed by atoms with Gasteiger partial charge in [0.1, 0.15) is 5.82 Å². The number of H-pyrrole nitrogens is 1. The van der Waals surface area contributed by atoms with Gasteiger partial charge in [-0.15, -0.1) is 11.3 Å². The zero-order chi connectivity index (χ0) is 17.1. The van der Waals surface area contributed by atoms with Gasteiger partial charge in [0.05, 0.1) is 17.5 Å². The molecule has 0 radical (unpaired) electrons. The standard InChI is InChI=1S/C17H17N5O2S/c23-17(14-4-3-13(25-14)12-2-1-9-24-12)19-10-15-20-16(22-21-15)11-5-7-18-8-6-11/h3-8,12H,1-2,9-10H2,(H,19,23)(H,20,21,22)/t12-/m0/s1. The first-order chi connectivity index (χ1) is 12.3. The van der Waals surface area contributed by atoms with Gasteiger partial charge in [-0.05, 0) is 37.1 Å². The Labute approximate surface area is 148 Å². The van der Waals surface area contributed by atoms with Gasteiger partial charge in [0.25, 0.3) is 5.91 Å². The SMILES string of the molecule is O=C(NCc1nc(-c2ccncc2)n[nH]1)c1ccc([C@@H]2CCCO2)s1. The summed E-state index contributed by atoms with van der Waals surface area (Å²) in [5.74, 6) is 1.08. The molecule has 4 rings (SSSR count). The average Bonchev–Trinajstić information content (AvgIpc) is 3.41. The van der Waals surface area contributed by atoms with Gasteiger partial charge in [-0.2, -0.15) is 5.10 Å². The van der Waals surface area contributed by atoms with E-state index in [0.29, 0.717) is 23.1 Å². The van der Waals surface area contributed by atoms with Crippen molar-refractivity contribution in [2.24, 2.45) is 0 Å². The van der Waals surface area contributed by atoms with Gasteiger partial charge in [-0.25, -0.2) is 4.98 Å². The molecule has 0 saturated carbocycles. The van der Waals surface area contributed by atoms with E-state index in [9.17, 15) is 4.79 Å². The Morgan fingerprint density at radius 2 is 2.20 bits per heavy atom. The highest BCUT2D eigenvalue weighted by atomic mass is 32.1. The van der Waals surface area contributed by atoms with E-state index in [2.05, 4.69) is 25.5 Å². The van der Waals surface area contributed by atoms with E-state index in [0.717, 1.165) is 29.9 Å². The first-order valence-electron chi connectivity index (χ1n) is 8.11. The van der Waals surface area contributed by atoms with Gasteiger partial charge in [0, 0.05) is 29.4 Å². The van der Waals surface area contributed by atoms with Crippen LogP contribution in [0.5, 0.6) is 0 Å². The van der Waals surface area contributed by atoms with Gasteiger partial charge in [-0.3, -0.25) is 14.9 Å². The molecule has 4 heterocycles. The molecule has 3 aromatic rings. The lowest BCUT2D eigenvalue weighted by Crippen LogP contribution is -2.22. The summed E-state index contributed by atoms with van der Waals surface area (Å²) >= 11 is 1.49. The minimum atomic E-state index is -0.115. The molecular formula is C17H17N5O2S. The summed E-state index contributed by atoms with van der Waals surface area (Å²) in [5.41, 5.74) is 0.878. The Morgan fingerprint density at radius 3 is 3.00 bits per heavy atom. The lowest BCUT2D eigenvalue weighted by Gasteiger charge is -2.05. The van der Waals surface area contributed by atoms with Crippen LogP contribution in [-0.4, -0.2) is 32.7 Å². The van der Waals surface area contributed by atoms with Crippen molar-refractivity contribution in [3.05, 3.63) is 52.2 Å². The van der Waals surface area contributed by atoms with Gasteiger partial charge < -0.3 is 10.1 Å². The van der Waals surface area contributed by atoms with Crippen molar-refractivity contribution in [2.45, 2.75) is 25.5 Å². The van der Waals surface area contributed by atoms with Crippen LogP contribution in [0.25, 0.3) is 11.4 Å². The molecule has 128 valence electrons. The van der Waals surface area contributed by atoms with Crippen LogP contribution in [0, 0.1) is 0 Å². The molecule has 1 aliphatic rings. The van der Waals surface area contributed by atoms with Crippen LogP contribution < -0.4 is 5.32 Å². The Morgan fingerprint density at radius 1 is 1.32 bits per heavy atom. The quantitative estimate of drug-likeness (QED) is 0.734. The van der Waals surface area contributed by atoms with E-state index in [1.165, 1.54) is 11.3 Å². The molecule has 1 saturated heterocycles. The molecule has 1 amide bonds. The predicted octanol–water partition coefficient (Wildman–Crippen LogP) is 2.71. The van der Waals surface area contributed by atoms with E-state index in [1.54, 1.807) is 12.4 Å². The molecule has 3 aromatic heterocycles. The topological polar surface area (TPSA) is 92.8 Å². The maximum atomic E-state index is 12.3. The Balaban J connectivity index is 1.37. The second-order valence-corrected chi connectivity index (χ2v) is 6.84. The van der Waals surface area contributed by atoms with Crippen molar-refractivity contribution in [3.8, 4) is 11.4 Å². The molecule has 25 heavy (non-hydrogen) atoms. The summed E-state index contributed by atoms with van der Waals surface area (Å²) in [6.45, 7) is 1.10. The van der Waals surface area contributed by atoms with Gasteiger partial charge in [0.15, 0.2) is 5.82 Å². The molecule has 0 aromatic carbocycles. The number of carbonyl (C=O) groups excluding carboxylic acids is 1. The molecule has 2 N–H and O–H groups in total. The van der Waals surface area contributed by atoms with E-state index >= 15 is 0 Å². The third-order valence-electron chi connectivity index (χ3n) is 3.98. The highest BCUT2D eigenvalue weighted by molar-refractivity contribution is 7.14. The first kappa shape index (κ1) is 15.9. The molecule has 0 aliphatic carbocycles. The van der Waals surface area contributed by atoms with E-state index in [-0.39, 0.29) is 12.0 Å². The molecular weight excluding hydrogens is 338 g/mol. The summed E-state index contributed by atoms with van der Waals surface area (Å²) in [4.78, 5) is 22.5. The molecule has 0 spiro atoms. The Kier molecular flexibility index (Phi) is 4.53. The number of hydrogen-bond acceptors (Lipinski definition) is 6. The fourth-order valence-electron chi connectivity index (χ4n) is 2.71. The largest absolute Gasteiger partial charge is 0.373 e. The van der Waals surface area contributed by atoms with Gasteiger partial charge in [-0.1, -0.05) is 0 Å². The van der Waals surface area contributed by atoms with Crippen LogP contribution in [0.2, 0.25) is 0 Å². The van der Waals surface area contributed by atoms with Crippen LogP contribution in [0.15, 0.2) is 36.7 Å². The predicted molar refractivity (Wildman–Crippen MR) is 93.0 cm³/mol. The summed E-state index contributed by atoms with van der Waals surface area (Å²) in [6.07, 6.45) is 5.63. The minimum Gasteiger partial charge on any atom is -0.373 e. The number of ether oxygens (including phenoxy) is 1. The Bertz CT molecular complexity index is 855. The average molecular weight is 355 g/mol. The molecule has 1 fully saturated rings. The molecule has 1 aliphatic heterocycles. The van der Waals surface area contributed by atoms with Crippen LogP contribution in [-0.2, 0) is 11.3 Å². The maximum absolute atomic E-state index is 12.3. The lowest BCUT2D eigenvalue weighted by atomic mass is 10.2. The van der Waals surface area contributed by atoms with Crippen molar-refractivity contribution < 1.29 is 9.53 Å². The van der Waals surface area contributed by atoms with Crippen molar-refractivity contribution >= 4 is 17.2 Å². The number of hydrogen-bond donors (Lipinski definition) is 2. The highest BCUT2D eigenvalue weighted by Gasteiger charge is 2.21. The summed E-state index contributed by atoms with van der Waals surface area (Å²) in [7, 11) is 0. The van der Waals surface area contributed by atoms with Crippen molar-refractivity contribution in [1.82, 2.24) is 25.5 Å². The molecule has 7 nitrogen and oxygen atoms in total. The maximum Gasteiger partial charge on any atom is 0.261 e. The van der Waals surface area contributed by atoms with E-state index in [1.807, 2.05) is 24.3 Å². The van der Waals surface area contributed by atoms with Crippen molar-refractivity contribution in [3.63, 3.8) is 0 Å². The van der Waals surface area contributed by atoms with Crippen molar-refractivity contribution in [2.75, 3.05) is 6.61 Å². The molecule has 0 unspecified atom stereocenters. The second kappa shape index (κ2) is 7.12. The van der Waals surface area contributed by atoms with E-state index in [4.69, 9.17) is 4.74 Å². The number of rotatable bonds is 5. The zero-order valence-corrected chi connectivity index (χ0v) is 14.3. The number of nitrogens with zero attached hydrogens (tertiary/aromatic N) is 3. The number of thiophene rings is 1. The van der Waals surface area contributed by atoms with Crippen molar-refractivity contribution in [1.29, 1.82) is 0 Å². The third-order valence-corrected chi connectivity index (χ3v) is 5.16. The summed E-state index contributed by atoms with van der Waals surface area (Å²) in [6, 6.07) is 7.50. The minimum absolute atomic E-state index is 0.115. The number of aromatic nitrogens is 4. The van der Waals surface area contributed by atoms with Crippen LogP contribution in [0.1, 0.15) is 39.3 Å². The lowest BCUT2D eigenvalue weighted by molar-refractivity contribution is 0.0954. The summed E-state index contributed by atoms with van der Waals surface area (Å²) < 4.78 is 5.66. The molecule has 8 heteroatoms. The number of aromatic amines is 1. The van der Waals surface area contributed by atoms with Crippen LogP contribution >= 0.6 is 11.3 Å². The number of amides is 1. The fourth-order valence-corrected chi connectivity index (χ4v) is 3.71. The Hall–Kier alpha value is -2.58. The highest BCUT2D eigenvalue weighted by Crippen LogP contribution is 2.33.